The maximum Gasteiger partial charge on any atom is 0.253 e. The summed E-state index contributed by atoms with van der Waals surface area (Å²) in [6.07, 6.45) is 6.11. The van der Waals surface area contributed by atoms with E-state index in [-0.39, 0.29) is 11.4 Å². The van der Waals surface area contributed by atoms with E-state index in [4.69, 9.17) is 5.73 Å². The first-order valence-electron chi connectivity index (χ1n) is 6.83. The number of aromatic nitrogens is 1. The van der Waals surface area contributed by atoms with Crippen LogP contribution >= 0.6 is 0 Å². The first kappa shape index (κ1) is 12.2. The first-order valence-corrected chi connectivity index (χ1v) is 6.83. The third-order valence-electron chi connectivity index (χ3n) is 4.16. The summed E-state index contributed by atoms with van der Waals surface area (Å²) in [7, 11) is 0. The fourth-order valence-electron chi connectivity index (χ4n) is 3.01. The van der Waals surface area contributed by atoms with Gasteiger partial charge in [-0.05, 0) is 25.0 Å². The van der Waals surface area contributed by atoms with Crippen LogP contribution in [0.15, 0.2) is 30.5 Å². The van der Waals surface area contributed by atoms with Gasteiger partial charge in [-0.15, -0.1) is 0 Å². The molecular weight excluding hydrogens is 238 g/mol. The molecule has 0 saturated heterocycles. The largest absolute Gasteiger partial charge is 0.361 e. The maximum atomic E-state index is 12.5. The lowest BCUT2D eigenvalue weighted by molar-refractivity contribution is 0.0904. The van der Waals surface area contributed by atoms with E-state index >= 15 is 0 Å². The van der Waals surface area contributed by atoms with Gasteiger partial charge < -0.3 is 16.0 Å². The van der Waals surface area contributed by atoms with E-state index in [9.17, 15) is 4.79 Å². The molecule has 1 saturated carbocycles. The van der Waals surface area contributed by atoms with Crippen LogP contribution in [0.1, 0.15) is 36.0 Å². The van der Waals surface area contributed by atoms with Crippen molar-refractivity contribution in [2.45, 2.75) is 31.2 Å². The summed E-state index contributed by atoms with van der Waals surface area (Å²) < 4.78 is 0. The monoisotopic (exact) mass is 257 g/mol. The van der Waals surface area contributed by atoms with Crippen molar-refractivity contribution in [3.63, 3.8) is 0 Å². The van der Waals surface area contributed by atoms with Crippen LogP contribution in [0.25, 0.3) is 10.9 Å². The minimum Gasteiger partial charge on any atom is -0.361 e. The Morgan fingerprint density at radius 3 is 2.84 bits per heavy atom. The summed E-state index contributed by atoms with van der Waals surface area (Å²) in [5.74, 6) is -0.0274. The summed E-state index contributed by atoms with van der Waals surface area (Å²) in [5, 5.41) is 4.21. The van der Waals surface area contributed by atoms with E-state index < -0.39 is 0 Å². The summed E-state index contributed by atoms with van der Waals surface area (Å²) in [5.41, 5.74) is 7.25. The quantitative estimate of drug-likeness (QED) is 0.788. The lowest BCUT2D eigenvalue weighted by Crippen LogP contribution is -2.51. The minimum absolute atomic E-state index is 0.0274. The molecule has 0 bridgehead atoms. The van der Waals surface area contributed by atoms with Crippen molar-refractivity contribution in [2.75, 3.05) is 6.54 Å². The lowest BCUT2D eigenvalue weighted by Gasteiger charge is -2.28. The van der Waals surface area contributed by atoms with Crippen molar-refractivity contribution < 1.29 is 4.79 Å². The van der Waals surface area contributed by atoms with E-state index in [1.54, 1.807) is 0 Å². The van der Waals surface area contributed by atoms with Crippen LogP contribution in [0, 0.1) is 0 Å². The molecule has 0 radical (unpaired) electrons. The fourth-order valence-corrected chi connectivity index (χ4v) is 3.01. The van der Waals surface area contributed by atoms with Crippen molar-refractivity contribution in [1.29, 1.82) is 0 Å². The lowest BCUT2D eigenvalue weighted by atomic mass is 9.97. The number of aromatic amines is 1. The number of para-hydroxylation sites is 1. The van der Waals surface area contributed by atoms with Crippen molar-refractivity contribution in [2.24, 2.45) is 5.73 Å². The SMILES string of the molecule is NCC1(NC(=O)c2cccc3cc[nH]c23)CCCC1. The zero-order chi connectivity index (χ0) is 13.3. The van der Waals surface area contributed by atoms with Gasteiger partial charge >= 0.3 is 0 Å². The highest BCUT2D eigenvalue weighted by Crippen LogP contribution is 2.29. The molecule has 4 heteroatoms. The highest BCUT2D eigenvalue weighted by atomic mass is 16.1. The van der Waals surface area contributed by atoms with Crippen LogP contribution in [0.5, 0.6) is 0 Å². The predicted molar refractivity (Wildman–Crippen MR) is 76.0 cm³/mol. The Kier molecular flexibility index (Phi) is 3.03. The van der Waals surface area contributed by atoms with E-state index in [0.717, 1.165) is 36.6 Å². The molecule has 0 atom stereocenters. The van der Waals surface area contributed by atoms with Gasteiger partial charge in [0.15, 0.2) is 0 Å². The van der Waals surface area contributed by atoms with Gasteiger partial charge in [0.2, 0.25) is 0 Å². The van der Waals surface area contributed by atoms with Gasteiger partial charge in [0.25, 0.3) is 5.91 Å². The zero-order valence-corrected chi connectivity index (χ0v) is 10.9. The molecule has 4 nitrogen and oxygen atoms in total. The molecule has 1 heterocycles. The van der Waals surface area contributed by atoms with Gasteiger partial charge in [-0.1, -0.05) is 25.0 Å². The molecule has 1 aromatic carbocycles. The van der Waals surface area contributed by atoms with Gasteiger partial charge in [-0.3, -0.25) is 4.79 Å². The Hall–Kier alpha value is -1.81. The molecule has 0 aliphatic heterocycles. The predicted octanol–water partition coefficient (Wildman–Crippen LogP) is 2.17. The molecule has 2 aromatic rings. The van der Waals surface area contributed by atoms with Crippen LogP contribution in [0.2, 0.25) is 0 Å². The summed E-state index contributed by atoms with van der Waals surface area (Å²) >= 11 is 0. The van der Waals surface area contributed by atoms with Crippen molar-refractivity contribution in [3.8, 4) is 0 Å². The Morgan fingerprint density at radius 1 is 1.32 bits per heavy atom. The van der Waals surface area contributed by atoms with Gasteiger partial charge in [0.1, 0.15) is 0 Å². The zero-order valence-electron chi connectivity index (χ0n) is 10.9. The molecule has 19 heavy (non-hydrogen) atoms. The summed E-state index contributed by atoms with van der Waals surface area (Å²) in [6, 6.07) is 7.74. The van der Waals surface area contributed by atoms with E-state index in [1.165, 1.54) is 0 Å². The van der Waals surface area contributed by atoms with E-state index in [0.29, 0.717) is 12.1 Å². The maximum absolute atomic E-state index is 12.5. The highest BCUT2D eigenvalue weighted by molar-refractivity contribution is 6.05. The highest BCUT2D eigenvalue weighted by Gasteiger charge is 2.34. The second-order valence-electron chi connectivity index (χ2n) is 5.39. The third-order valence-corrected chi connectivity index (χ3v) is 4.16. The Morgan fingerprint density at radius 2 is 2.11 bits per heavy atom. The molecule has 1 aliphatic rings. The number of nitrogens with one attached hydrogen (secondary N) is 2. The van der Waals surface area contributed by atoms with Crippen LogP contribution in [0.3, 0.4) is 0 Å². The topological polar surface area (TPSA) is 70.9 Å². The van der Waals surface area contributed by atoms with Crippen LogP contribution in [-0.4, -0.2) is 23.0 Å². The molecule has 1 amide bonds. The number of nitrogens with two attached hydrogens (primary N) is 1. The number of amides is 1. The van der Waals surface area contributed by atoms with Crippen LogP contribution in [-0.2, 0) is 0 Å². The number of hydrogen-bond donors (Lipinski definition) is 3. The van der Waals surface area contributed by atoms with Gasteiger partial charge in [-0.2, -0.15) is 0 Å². The van der Waals surface area contributed by atoms with Crippen molar-refractivity contribution in [3.05, 3.63) is 36.0 Å². The molecular formula is C15H19N3O. The fraction of sp³-hybridized carbons (Fsp3) is 0.400. The average molecular weight is 257 g/mol. The number of rotatable bonds is 3. The molecule has 100 valence electrons. The van der Waals surface area contributed by atoms with E-state index in [1.807, 2.05) is 30.5 Å². The van der Waals surface area contributed by atoms with Gasteiger partial charge in [-0.25, -0.2) is 0 Å². The number of fused-ring (bicyclic) bond motifs is 1. The van der Waals surface area contributed by atoms with Gasteiger partial charge in [0.05, 0.1) is 16.6 Å². The number of carbonyl (C=O) groups is 1. The average Bonchev–Trinajstić information content (AvgIpc) is 3.06. The molecule has 1 fully saturated rings. The number of hydrogen-bond acceptors (Lipinski definition) is 2. The van der Waals surface area contributed by atoms with Crippen LogP contribution in [0.4, 0.5) is 0 Å². The number of carbonyl (C=O) groups excluding carboxylic acids is 1. The molecule has 4 N–H and O–H groups in total. The second-order valence-corrected chi connectivity index (χ2v) is 5.39. The second kappa shape index (κ2) is 4.70. The van der Waals surface area contributed by atoms with E-state index in [2.05, 4.69) is 10.3 Å². The smallest absolute Gasteiger partial charge is 0.253 e. The van der Waals surface area contributed by atoms with Crippen molar-refractivity contribution >= 4 is 16.8 Å². The Labute approximate surface area is 112 Å². The summed E-state index contributed by atoms with van der Waals surface area (Å²) in [4.78, 5) is 15.6. The molecule has 1 aromatic heterocycles. The summed E-state index contributed by atoms with van der Waals surface area (Å²) in [6.45, 7) is 0.513. The standard InChI is InChI=1S/C15H19N3O/c16-10-15(7-1-2-8-15)18-14(19)12-5-3-4-11-6-9-17-13(11)12/h3-6,9,17H,1-2,7-8,10,16H2,(H,18,19). The molecule has 3 rings (SSSR count). The molecule has 0 unspecified atom stereocenters. The Balaban J connectivity index is 1.89. The number of benzene rings is 1. The number of H-pyrrole nitrogens is 1. The normalized spacial score (nSPS) is 17.7. The van der Waals surface area contributed by atoms with Crippen LogP contribution < -0.4 is 11.1 Å². The third kappa shape index (κ3) is 2.12. The minimum atomic E-state index is -0.203. The molecule has 1 aliphatic carbocycles. The Bertz CT molecular complexity index is 596. The molecule has 0 spiro atoms. The van der Waals surface area contributed by atoms with Gasteiger partial charge in [0, 0.05) is 18.1 Å². The van der Waals surface area contributed by atoms with Crippen molar-refractivity contribution in [1.82, 2.24) is 10.3 Å². The first-order chi connectivity index (χ1) is 9.24.